The van der Waals surface area contributed by atoms with E-state index in [1.54, 1.807) is 16.6 Å². The molecule has 9 nitrogen and oxygen atoms in total. The lowest BCUT2D eigenvalue weighted by atomic mass is 9.95. The number of aromatic hydroxyl groups is 2. The van der Waals surface area contributed by atoms with Crippen molar-refractivity contribution in [2.24, 2.45) is 0 Å². The standard InChI is InChI=1S/C20H21N3O6/c24-15-8-4-7-13-12(15)9-14-18(27)17(19(28)21-10-16(25)26)20(29)22(23(13)14)11-5-2-1-3-6-11/h4,7-9,11,24,27H,1-3,5-6,10H2,(H,21,28)(H,25,26). The van der Waals surface area contributed by atoms with Crippen LogP contribution in [0.4, 0.5) is 0 Å². The summed E-state index contributed by atoms with van der Waals surface area (Å²) in [6.07, 6.45) is 4.42. The van der Waals surface area contributed by atoms with Gasteiger partial charge in [-0.15, -0.1) is 0 Å². The highest BCUT2D eigenvalue weighted by Gasteiger charge is 2.28. The number of hydrogen-bond donors (Lipinski definition) is 4. The Morgan fingerprint density at radius 1 is 1.10 bits per heavy atom. The van der Waals surface area contributed by atoms with Crippen molar-refractivity contribution in [1.82, 2.24) is 14.5 Å². The average Bonchev–Trinajstić information content (AvgIpc) is 3.08. The second-order valence-electron chi connectivity index (χ2n) is 7.29. The minimum Gasteiger partial charge on any atom is -0.507 e. The van der Waals surface area contributed by atoms with Gasteiger partial charge in [0.1, 0.15) is 23.4 Å². The Hall–Kier alpha value is -3.49. The third-order valence-corrected chi connectivity index (χ3v) is 5.46. The van der Waals surface area contributed by atoms with Gasteiger partial charge >= 0.3 is 5.97 Å². The van der Waals surface area contributed by atoms with Gasteiger partial charge < -0.3 is 20.6 Å². The molecule has 0 radical (unpaired) electrons. The van der Waals surface area contributed by atoms with Gasteiger partial charge in [-0.05, 0) is 31.0 Å². The van der Waals surface area contributed by atoms with Crippen LogP contribution in [0.1, 0.15) is 48.5 Å². The number of fused-ring (bicyclic) bond motifs is 3. The number of hydrogen-bond acceptors (Lipinski definition) is 5. The maximum atomic E-state index is 13.3. The molecule has 2 aromatic heterocycles. The predicted molar refractivity (Wildman–Crippen MR) is 105 cm³/mol. The Labute approximate surface area is 164 Å². The number of phenolic OH excluding ortho intramolecular Hbond substituents is 1. The van der Waals surface area contributed by atoms with Crippen molar-refractivity contribution >= 4 is 28.3 Å². The van der Waals surface area contributed by atoms with E-state index < -0.39 is 35.3 Å². The van der Waals surface area contributed by atoms with Crippen molar-refractivity contribution in [3.05, 3.63) is 40.2 Å². The van der Waals surface area contributed by atoms with E-state index in [4.69, 9.17) is 5.11 Å². The molecule has 0 spiro atoms. The normalized spacial score (nSPS) is 15.0. The van der Waals surface area contributed by atoms with Crippen LogP contribution in [-0.2, 0) is 4.79 Å². The van der Waals surface area contributed by atoms with Crippen molar-refractivity contribution in [2.75, 3.05) is 6.54 Å². The van der Waals surface area contributed by atoms with Gasteiger partial charge in [-0.2, -0.15) is 0 Å². The quantitative estimate of drug-likeness (QED) is 0.530. The maximum Gasteiger partial charge on any atom is 0.322 e. The van der Waals surface area contributed by atoms with Crippen molar-refractivity contribution < 1.29 is 24.9 Å². The number of aromatic nitrogens is 2. The molecule has 1 saturated carbocycles. The molecular formula is C20H21N3O6. The number of nitrogens with one attached hydrogen (secondary N) is 1. The van der Waals surface area contributed by atoms with Crippen LogP contribution in [-0.4, -0.2) is 42.9 Å². The van der Waals surface area contributed by atoms with Gasteiger partial charge in [0.15, 0.2) is 5.75 Å². The van der Waals surface area contributed by atoms with Gasteiger partial charge in [-0.1, -0.05) is 25.3 Å². The molecule has 0 saturated heterocycles. The molecule has 1 aliphatic carbocycles. The largest absolute Gasteiger partial charge is 0.507 e. The van der Waals surface area contributed by atoms with Gasteiger partial charge in [0, 0.05) is 5.39 Å². The number of phenols is 1. The fraction of sp³-hybridized carbons (Fsp3) is 0.350. The van der Waals surface area contributed by atoms with Crippen molar-refractivity contribution in [2.45, 2.75) is 38.1 Å². The van der Waals surface area contributed by atoms with Crippen LogP contribution in [0.3, 0.4) is 0 Å². The number of amides is 1. The molecule has 4 N–H and O–H groups in total. The first-order valence-corrected chi connectivity index (χ1v) is 9.51. The first-order chi connectivity index (χ1) is 13.9. The first kappa shape index (κ1) is 18.9. The zero-order valence-corrected chi connectivity index (χ0v) is 15.6. The fourth-order valence-corrected chi connectivity index (χ4v) is 4.14. The zero-order valence-electron chi connectivity index (χ0n) is 15.6. The summed E-state index contributed by atoms with van der Waals surface area (Å²) >= 11 is 0. The maximum absolute atomic E-state index is 13.3. The highest BCUT2D eigenvalue weighted by Crippen LogP contribution is 2.35. The van der Waals surface area contributed by atoms with E-state index in [2.05, 4.69) is 5.32 Å². The van der Waals surface area contributed by atoms with Crippen LogP contribution in [0.25, 0.3) is 16.4 Å². The summed E-state index contributed by atoms with van der Waals surface area (Å²) in [5.41, 5.74) is -0.445. The van der Waals surface area contributed by atoms with E-state index in [0.29, 0.717) is 10.9 Å². The average molecular weight is 399 g/mol. The smallest absolute Gasteiger partial charge is 0.322 e. The molecule has 4 rings (SSSR count). The third kappa shape index (κ3) is 3.08. The minimum absolute atomic E-state index is 0.00915. The molecule has 9 heteroatoms. The zero-order chi connectivity index (χ0) is 20.7. The molecule has 1 amide bonds. The van der Waals surface area contributed by atoms with Crippen LogP contribution in [0.2, 0.25) is 0 Å². The van der Waals surface area contributed by atoms with E-state index in [1.807, 2.05) is 0 Å². The number of carboxylic acid groups (broad SMARTS) is 1. The second kappa shape index (κ2) is 7.16. The molecule has 0 unspecified atom stereocenters. The molecule has 3 aromatic rings. The number of benzene rings is 1. The Morgan fingerprint density at radius 3 is 2.52 bits per heavy atom. The summed E-state index contributed by atoms with van der Waals surface area (Å²) in [6, 6.07) is 6.22. The van der Waals surface area contributed by atoms with Crippen LogP contribution < -0.4 is 10.9 Å². The number of carboxylic acids is 1. The van der Waals surface area contributed by atoms with E-state index in [-0.39, 0.29) is 17.3 Å². The van der Waals surface area contributed by atoms with Gasteiger partial charge in [-0.3, -0.25) is 14.4 Å². The third-order valence-electron chi connectivity index (χ3n) is 5.46. The summed E-state index contributed by atoms with van der Waals surface area (Å²) < 4.78 is 3.02. The fourth-order valence-electron chi connectivity index (χ4n) is 4.14. The van der Waals surface area contributed by atoms with E-state index >= 15 is 0 Å². The van der Waals surface area contributed by atoms with Crippen LogP contribution in [0.15, 0.2) is 29.1 Å². The summed E-state index contributed by atoms with van der Waals surface area (Å²) in [5.74, 6) is -2.76. The summed E-state index contributed by atoms with van der Waals surface area (Å²) in [6.45, 7) is -0.671. The Balaban J connectivity index is 2.04. The van der Waals surface area contributed by atoms with Crippen molar-refractivity contribution in [3.8, 4) is 11.5 Å². The molecule has 2 heterocycles. The predicted octanol–water partition coefficient (Wildman–Crippen LogP) is 1.98. The van der Waals surface area contributed by atoms with Gasteiger partial charge in [0.25, 0.3) is 11.5 Å². The summed E-state index contributed by atoms with van der Waals surface area (Å²) in [4.78, 5) is 36.7. The van der Waals surface area contributed by atoms with Gasteiger partial charge in [-0.25, -0.2) is 9.20 Å². The highest BCUT2D eigenvalue weighted by molar-refractivity contribution is 6.02. The molecule has 0 aliphatic heterocycles. The second-order valence-corrected chi connectivity index (χ2v) is 7.29. The highest BCUT2D eigenvalue weighted by atomic mass is 16.4. The van der Waals surface area contributed by atoms with Gasteiger partial charge in [0.2, 0.25) is 0 Å². The number of carbonyl (C=O) groups excluding carboxylic acids is 1. The number of nitrogens with zero attached hydrogens (tertiary/aromatic N) is 2. The van der Waals surface area contributed by atoms with Crippen molar-refractivity contribution in [3.63, 3.8) is 0 Å². The molecule has 0 bridgehead atoms. The molecular weight excluding hydrogens is 378 g/mol. The topological polar surface area (TPSA) is 133 Å². The molecule has 1 fully saturated rings. The van der Waals surface area contributed by atoms with Crippen molar-refractivity contribution in [1.29, 1.82) is 0 Å². The van der Waals surface area contributed by atoms with Crippen LogP contribution in [0.5, 0.6) is 11.5 Å². The molecule has 1 aromatic carbocycles. The van der Waals surface area contributed by atoms with E-state index in [9.17, 15) is 24.6 Å². The lowest BCUT2D eigenvalue weighted by molar-refractivity contribution is -0.135. The molecule has 0 atom stereocenters. The monoisotopic (exact) mass is 399 g/mol. The van der Waals surface area contributed by atoms with Crippen LogP contribution in [0, 0.1) is 0 Å². The molecule has 1 aliphatic rings. The lowest BCUT2D eigenvalue weighted by Gasteiger charge is -2.26. The molecule has 29 heavy (non-hydrogen) atoms. The SMILES string of the molecule is O=C(O)CNC(=O)c1c(O)c2cc3c(O)cccc3n2n(C2CCCCC2)c1=O. The van der Waals surface area contributed by atoms with E-state index in [1.165, 1.54) is 16.8 Å². The van der Waals surface area contributed by atoms with Gasteiger partial charge in [0.05, 0.1) is 11.6 Å². The number of aliphatic carboxylic acids is 1. The van der Waals surface area contributed by atoms with E-state index in [0.717, 1.165) is 32.1 Å². The number of carbonyl (C=O) groups is 2. The number of rotatable bonds is 4. The minimum atomic E-state index is -1.26. The molecule has 152 valence electrons. The lowest BCUT2D eigenvalue weighted by Crippen LogP contribution is -2.39. The Morgan fingerprint density at radius 2 is 1.83 bits per heavy atom. The first-order valence-electron chi connectivity index (χ1n) is 9.51. The Kier molecular flexibility index (Phi) is 4.65. The summed E-state index contributed by atoms with van der Waals surface area (Å²) in [7, 11) is 0. The van der Waals surface area contributed by atoms with Crippen LogP contribution >= 0.6 is 0 Å². The Bertz CT molecular complexity index is 1190. The summed E-state index contributed by atoms with van der Waals surface area (Å²) in [5, 5.41) is 32.4.